The molecular weight excluding hydrogens is 392 g/mol. The lowest BCUT2D eigenvalue weighted by Gasteiger charge is -2.69. The zero-order valence-corrected chi connectivity index (χ0v) is 19.4. The number of allylic oxidation sites excluding steroid dienone is 1. The van der Waals surface area contributed by atoms with E-state index in [4.69, 9.17) is 0 Å². The third-order valence-electron chi connectivity index (χ3n) is 11.4. The van der Waals surface area contributed by atoms with Gasteiger partial charge >= 0.3 is 0 Å². The first-order valence-corrected chi connectivity index (χ1v) is 14.1. The van der Waals surface area contributed by atoms with Gasteiger partial charge in [-0.3, -0.25) is 4.79 Å². The summed E-state index contributed by atoms with van der Waals surface area (Å²) in [5, 5.41) is 0. The van der Waals surface area contributed by atoms with Crippen LogP contribution in [0.3, 0.4) is 0 Å². The van der Waals surface area contributed by atoms with E-state index < -0.39 is 14.6 Å². The minimum atomic E-state index is -3.54. The summed E-state index contributed by atoms with van der Waals surface area (Å²) in [5.74, 6) is 4.23. The van der Waals surface area contributed by atoms with E-state index >= 15 is 0 Å². The van der Waals surface area contributed by atoms with Gasteiger partial charge in [-0.1, -0.05) is 0 Å². The van der Waals surface area contributed by atoms with E-state index in [2.05, 4.69) is 0 Å². The molecule has 0 aromatic carbocycles. The predicted molar refractivity (Wildman–Crippen MR) is 116 cm³/mol. The van der Waals surface area contributed by atoms with Crippen molar-refractivity contribution in [2.45, 2.75) is 95.6 Å². The van der Waals surface area contributed by atoms with Crippen molar-refractivity contribution in [1.29, 1.82) is 0 Å². The first kappa shape index (κ1) is 18.9. The third-order valence-corrected chi connectivity index (χ3v) is 14.1. The van der Waals surface area contributed by atoms with Crippen LogP contribution in [0, 0.1) is 46.3 Å². The van der Waals surface area contributed by atoms with Crippen LogP contribution in [0.4, 0.5) is 0 Å². The van der Waals surface area contributed by atoms with Crippen LogP contribution in [0.15, 0.2) is 10.5 Å². The molecule has 4 heteroatoms. The molecule has 0 aromatic heterocycles. The maximum absolute atomic E-state index is 14.1. The minimum Gasteiger partial charge on any atom is -0.298 e. The first-order chi connectivity index (χ1) is 14.2. The van der Waals surface area contributed by atoms with Gasteiger partial charge in [0.1, 0.15) is 0 Å². The molecule has 1 atom stereocenters. The monoisotopic (exact) mass is 428 g/mol. The smallest absolute Gasteiger partial charge is 0.191 e. The van der Waals surface area contributed by atoms with Crippen LogP contribution in [-0.2, 0) is 14.6 Å². The predicted octanol–water partition coefficient (Wildman–Crippen LogP) is 5.45. The second kappa shape index (κ2) is 5.46. The molecule has 0 spiro atoms. The SMILES string of the molecule is CC(=O)C1(C23CC4CC(CC(C4)C2)C3)C(C23CC4CC(CC(C4)C2)C3)=C(C)S1(=O)=O. The van der Waals surface area contributed by atoms with Gasteiger partial charge in [-0.25, -0.2) is 8.42 Å². The van der Waals surface area contributed by atoms with Gasteiger partial charge in [-0.05, 0) is 137 Å². The molecule has 1 unspecified atom stereocenters. The lowest BCUT2D eigenvalue weighted by Crippen LogP contribution is -2.72. The highest BCUT2D eigenvalue weighted by atomic mass is 32.2. The van der Waals surface area contributed by atoms with Crippen molar-refractivity contribution in [2.24, 2.45) is 46.3 Å². The molecule has 3 nitrogen and oxygen atoms in total. The number of hydrogen-bond acceptors (Lipinski definition) is 3. The molecule has 8 saturated carbocycles. The van der Waals surface area contributed by atoms with Gasteiger partial charge in [0.15, 0.2) is 20.4 Å². The zero-order chi connectivity index (χ0) is 20.7. The van der Waals surface area contributed by atoms with Gasteiger partial charge in [-0.15, -0.1) is 0 Å². The van der Waals surface area contributed by atoms with Gasteiger partial charge in [-0.2, -0.15) is 0 Å². The van der Waals surface area contributed by atoms with E-state index in [1.54, 1.807) is 6.92 Å². The van der Waals surface area contributed by atoms with Gasteiger partial charge in [0.05, 0.1) is 0 Å². The van der Waals surface area contributed by atoms with Crippen molar-refractivity contribution in [3.8, 4) is 0 Å². The highest BCUT2D eigenvalue weighted by molar-refractivity contribution is 7.99. The van der Waals surface area contributed by atoms with Crippen LogP contribution in [-0.4, -0.2) is 18.9 Å². The van der Waals surface area contributed by atoms with Crippen LogP contribution in [0.1, 0.15) is 90.9 Å². The molecular formula is C26H36O3S. The lowest BCUT2D eigenvalue weighted by molar-refractivity contribution is -0.134. The van der Waals surface area contributed by atoms with Crippen LogP contribution < -0.4 is 0 Å². The number of carbonyl (C=O) groups is 1. The summed E-state index contributed by atoms with van der Waals surface area (Å²) in [6, 6.07) is 0. The Hall–Kier alpha value is -0.640. The summed E-state index contributed by atoms with van der Waals surface area (Å²) in [6.45, 7) is 3.51. The molecule has 0 saturated heterocycles. The van der Waals surface area contributed by atoms with E-state index in [0.717, 1.165) is 56.3 Å². The summed E-state index contributed by atoms with van der Waals surface area (Å²) in [4.78, 5) is 14.3. The molecule has 0 N–H and O–H groups in total. The number of ketones is 1. The molecule has 0 aromatic rings. The fourth-order valence-electron chi connectivity index (χ4n) is 11.7. The molecule has 0 radical (unpaired) electrons. The molecule has 8 aliphatic carbocycles. The van der Waals surface area contributed by atoms with Gasteiger partial charge in [0.2, 0.25) is 0 Å². The van der Waals surface area contributed by atoms with E-state index in [1.165, 1.54) is 44.1 Å². The standard InChI is InChI=1S/C26H36O3S/c1-15-23(24-9-17-3-18(10-24)5-19(4-17)11-24)26(16(2)27,30(15,28)29)25-12-20-6-21(13-25)8-22(7-20)14-25/h17-22H,3-14H2,1-2H3. The molecule has 9 rings (SSSR count). The molecule has 0 amide bonds. The van der Waals surface area contributed by atoms with E-state index in [9.17, 15) is 13.2 Å². The Balaban J connectivity index is 1.44. The average Bonchev–Trinajstić information content (AvgIpc) is 2.62. The van der Waals surface area contributed by atoms with Crippen molar-refractivity contribution in [3.63, 3.8) is 0 Å². The van der Waals surface area contributed by atoms with Crippen LogP contribution in [0.2, 0.25) is 0 Å². The van der Waals surface area contributed by atoms with Crippen molar-refractivity contribution in [1.82, 2.24) is 0 Å². The Morgan fingerprint density at radius 3 is 1.47 bits per heavy atom. The molecule has 8 bridgehead atoms. The van der Waals surface area contributed by atoms with Crippen molar-refractivity contribution in [3.05, 3.63) is 10.5 Å². The van der Waals surface area contributed by atoms with Gasteiger partial charge < -0.3 is 0 Å². The second-order valence-electron chi connectivity index (χ2n) is 13.1. The lowest BCUT2D eigenvalue weighted by atomic mass is 9.40. The summed E-state index contributed by atoms with van der Waals surface area (Å²) < 4.78 is 26.9. The Kier molecular flexibility index (Phi) is 3.44. The summed E-state index contributed by atoms with van der Waals surface area (Å²) >= 11 is 0. The van der Waals surface area contributed by atoms with E-state index in [0.29, 0.717) is 22.7 Å². The molecule has 1 aliphatic heterocycles. The van der Waals surface area contributed by atoms with Crippen molar-refractivity contribution < 1.29 is 13.2 Å². The second-order valence-corrected chi connectivity index (χ2v) is 15.3. The van der Waals surface area contributed by atoms with Crippen LogP contribution in [0.25, 0.3) is 0 Å². The fourth-order valence-corrected chi connectivity index (χ4v) is 14.5. The first-order valence-electron chi connectivity index (χ1n) is 12.7. The molecule has 30 heavy (non-hydrogen) atoms. The summed E-state index contributed by atoms with van der Waals surface area (Å²) in [6.07, 6.45) is 14.3. The quantitative estimate of drug-likeness (QED) is 0.601. The Morgan fingerprint density at radius 1 is 0.733 bits per heavy atom. The summed E-state index contributed by atoms with van der Waals surface area (Å²) in [5.41, 5.74) is 0.882. The Morgan fingerprint density at radius 2 is 1.10 bits per heavy atom. The van der Waals surface area contributed by atoms with Gasteiger partial charge in [0, 0.05) is 10.3 Å². The van der Waals surface area contributed by atoms with E-state index in [1.807, 2.05) is 6.92 Å². The average molecular weight is 429 g/mol. The Labute approximate surface area is 181 Å². The number of hydrogen-bond donors (Lipinski definition) is 0. The highest BCUT2D eigenvalue weighted by Crippen LogP contribution is 2.75. The van der Waals surface area contributed by atoms with Crippen molar-refractivity contribution >= 4 is 15.6 Å². The largest absolute Gasteiger partial charge is 0.298 e. The fraction of sp³-hybridized carbons (Fsp3) is 0.885. The highest BCUT2D eigenvalue weighted by Gasteiger charge is 2.77. The van der Waals surface area contributed by atoms with Crippen molar-refractivity contribution in [2.75, 3.05) is 0 Å². The van der Waals surface area contributed by atoms with Crippen LogP contribution >= 0.6 is 0 Å². The molecule has 1 heterocycles. The minimum absolute atomic E-state index is 0.0131. The topological polar surface area (TPSA) is 51.2 Å². The molecule has 8 fully saturated rings. The maximum atomic E-state index is 14.1. The number of sulfone groups is 1. The Bertz CT molecular complexity index is 915. The van der Waals surface area contributed by atoms with Crippen LogP contribution in [0.5, 0.6) is 0 Å². The van der Waals surface area contributed by atoms with E-state index in [-0.39, 0.29) is 16.6 Å². The number of carbonyl (C=O) groups excluding carboxylic acids is 1. The zero-order valence-electron chi connectivity index (χ0n) is 18.6. The summed E-state index contributed by atoms with van der Waals surface area (Å²) in [7, 11) is -3.54. The normalized spacial score (nSPS) is 57.0. The maximum Gasteiger partial charge on any atom is 0.191 e. The molecule has 9 aliphatic rings. The third kappa shape index (κ3) is 1.93. The number of Topliss-reactive ketones (excluding diaryl/α,β-unsaturated/α-hetero) is 1. The van der Waals surface area contributed by atoms with Gasteiger partial charge in [0.25, 0.3) is 0 Å². The molecule has 164 valence electrons. The number of rotatable bonds is 3.